The Morgan fingerprint density at radius 1 is 1.18 bits per heavy atom. The van der Waals surface area contributed by atoms with E-state index in [9.17, 15) is 20.1 Å². The van der Waals surface area contributed by atoms with Gasteiger partial charge in [-0.1, -0.05) is 12.1 Å². The molecular formula is C17H16O5. The molecule has 2 aromatic rings. The molecule has 0 spiro atoms. The van der Waals surface area contributed by atoms with Gasteiger partial charge in [-0.25, -0.2) is 0 Å². The molecule has 3 rings (SSSR count). The lowest BCUT2D eigenvalue weighted by atomic mass is 9.88. The molecule has 1 aliphatic rings. The fourth-order valence-electron chi connectivity index (χ4n) is 2.62. The van der Waals surface area contributed by atoms with Gasteiger partial charge in [0.25, 0.3) is 0 Å². The molecule has 2 aromatic carbocycles. The molecule has 0 fully saturated rings. The SMILES string of the molecule is Cc1c(O)cc2c(c1O)C(=O)C(Cc1ccc(O)cc1)CO2. The summed E-state index contributed by atoms with van der Waals surface area (Å²) in [5.41, 5.74) is 1.30. The van der Waals surface area contributed by atoms with Crippen molar-refractivity contribution in [3.8, 4) is 23.0 Å². The van der Waals surface area contributed by atoms with Gasteiger partial charge in [0, 0.05) is 11.6 Å². The highest BCUT2D eigenvalue weighted by Crippen LogP contribution is 2.41. The monoisotopic (exact) mass is 300 g/mol. The molecule has 0 aliphatic carbocycles. The second kappa shape index (κ2) is 5.26. The van der Waals surface area contributed by atoms with E-state index in [2.05, 4.69) is 0 Å². The highest BCUT2D eigenvalue weighted by atomic mass is 16.5. The zero-order valence-corrected chi connectivity index (χ0v) is 12.0. The highest BCUT2D eigenvalue weighted by Gasteiger charge is 2.33. The predicted octanol–water partition coefficient (Wildman–Crippen LogP) is 2.55. The minimum Gasteiger partial charge on any atom is -0.508 e. The average molecular weight is 300 g/mol. The first-order chi connectivity index (χ1) is 10.5. The van der Waals surface area contributed by atoms with Crippen molar-refractivity contribution in [1.82, 2.24) is 0 Å². The van der Waals surface area contributed by atoms with Crippen LogP contribution in [0.3, 0.4) is 0 Å². The molecule has 5 heteroatoms. The first-order valence-electron chi connectivity index (χ1n) is 6.98. The second-order valence-corrected chi connectivity index (χ2v) is 5.49. The van der Waals surface area contributed by atoms with Gasteiger partial charge in [-0.05, 0) is 31.0 Å². The fraction of sp³-hybridized carbons (Fsp3) is 0.235. The number of hydrogen-bond donors (Lipinski definition) is 3. The standard InChI is InChI=1S/C17H16O5/c1-9-13(19)7-14-15(16(9)20)17(21)11(8-22-14)6-10-2-4-12(18)5-3-10/h2-5,7,11,18-20H,6,8H2,1H3. The minimum absolute atomic E-state index is 0.0963. The van der Waals surface area contributed by atoms with E-state index in [1.54, 1.807) is 31.2 Å². The number of phenolic OH excluding ortho intramolecular Hbond substituents is 3. The van der Waals surface area contributed by atoms with Crippen molar-refractivity contribution in [2.45, 2.75) is 13.3 Å². The Morgan fingerprint density at radius 3 is 2.55 bits per heavy atom. The quantitative estimate of drug-likeness (QED) is 0.793. The molecule has 0 amide bonds. The number of ketones is 1. The van der Waals surface area contributed by atoms with Crippen LogP contribution in [0.2, 0.25) is 0 Å². The van der Waals surface area contributed by atoms with Gasteiger partial charge >= 0.3 is 0 Å². The van der Waals surface area contributed by atoms with Crippen molar-refractivity contribution in [2.24, 2.45) is 5.92 Å². The van der Waals surface area contributed by atoms with Crippen molar-refractivity contribution in [3.05, 3.63) is 47.0 Å². The van der Waals surface area contributed by atoms with Crippen molar-refractivity contribution < 1.29 is 24.9 Å². The number of carbonyl (C=O) groups is 1. The number of carbonyl (C=O) groups excluding carboxylic acids is 1. The van der Waals surface area contributed by atoms with Gasteiger partial charge in [-0.15, -0.1) is 0 Å². The van der Waals surface area contributed by atoms with Crippen LogP contribution in [-0.2, 0) is 6.42 Å². The van der Waals surface area contributed by atoms with Crippen molar-refractivity contribution in [3.63, 3.8) is 0 Å². The van der Waals surface area contributed by atoms with E-state index in [1.165, 1.54) is 6.07 Å². The summed E-state index contributed by atoms with van der Waals surface area (Å²) in [6, 6.07) is 7.99. The second-order valence-electron chi connectivity index (χ2n) is 5.49. The third-order valence-electron chi connectivity index (χ3n) is 3.97. The van der Waals surface area contributed by atoms with Gasteiger partial charge in [0.05, 0.1) is 12.5 Å². The fourth-order valence-corrected chi connectivity index (χ4v) is 2.62. The van der Waals surface area contributed by atoms with E-state index in [4.69, 9.17) is 4.74 Å². The third kappa shape index (κ3) is 2.35. The molecule has 0 bridgehead atoms. The maximum absolute atomic E-state index is 12.6. The molecule has 5 nitrogen and oxygen atoms in total. The maximum atomic E-state index is 12.6. The van der Waals surface area contributed by atoms with Crippen LogP contribution < -0.4 is 4.74 Å². The number of benzene rings is 2. The molecule has 0 saturated carbocycles. The lowest BCUT2D eigenvalue weighted by Crippen LogP contribution is -2.29. The van der Waals surface area contributed by atoms with Gasteiger partial charge in [0.1, 0.15) is 28.6 Å². The average Bonchev–Trinajstić information content (AvgIpc) is 2.50. The van der Waals surface area contributed by atoms with Crippen LogP contribution in [0.1, 0.15) is 21.5 Å². The Morgan fingerprint density at radius 2 is 1.86 bits per heavy atom. The van der Waals surface area contributed by atoms with E-state index in [0.29, 0.717) is 6.42 Å². The number of aromatic hydroxyl groups is 3. The molecule has 1 unspecified atom stereocenters. The van der Waals surface area contributed by atoms with Gasteiger partial charge in [-0.3, -0.25) is 4.79 Å². The van der Waals surface area contributed by atoms with E-state index in [0.717, 1.165) is 5.56 Å². The van der Waals surface area contributed by atoms with Crippen LogP contribution in [0.5, 0.6) is 23.0 Å². The molecular weight excluding hydrogens is 284 g/mol. The van der Waals surface area contributed by atoms with Crippen molar-refractivity contribution in [1.29, 1.82) is 0 Å². The van der Waals surface area contributed by atoms with Crippen LogP contribution in [0.15, 0.2) is 30.3 Å². The Labute approximate surface area is 127 Å². The Bertz CT molecular complexity index is 734. The summed E-state index contributed by atoms with van der Waals surface area (Å²) in [6.07, 6.45) is 0.456. The molecule has 0 saturated heterocycles. The number of rotatable bonds is 2. The van der Waals surface area contributed by atoms with Crippen LogP contribution in [0, 0.1) is 12.8 Å². The molecule has 1 aliphatic heterocycles. The van der Waals surface area contributed by atoms with Crippen LogP contribution >= 0.6 is 0 Å². The molecule has 22 heavy (non-hydrogen) atoms. The summed E-state index contributed by atoms with van der Waals surface area (Å²) in [7, 11) is 0. The predicted molar refractivity (Wildman–Crippen MR) is 79.6 cm³/mol. The first kappa shape index (κ1) is 14.3. The van der Waals surface area contributed by atoms with Gasteiger partial charge in [0.2, 0.25) is 0 Å². The third-order valence-corrected chi connectivity index (χ3v) is 3.97. The topological polar surface area (TPSA) is 87.0 Å². The molecule has 0 aromatic heterocycles. The Balaban J connectivity index is 1.91. The minimum atomic E-state index is -0.410. The molecule has 1 heterocycles. The number of Topliss-reactive ketones (excluding diaryl/α,β-unsaturated/α-hetero) is 1. The number of ether oxygens (including phenoxy) is 1. The summed E-state index contributed by atoms with van der Waals surface area (Å²) in [6.45, 7) is 1.73. The molecule has 114 valence electrons. The smallest absolute Gasteiger partial charge is 0.177 e. The zero-order valence-electron chi connectivity index (χ0n) is 12.0. The Hall–Kier alpha value is -2.69. The van der Waals surface area contributed by atoms with E-state index in [-0.39, 0.29) is 46.5 Å². The van der Waals surface area contributed by atoms with E-state index < -0.39 is 5.92 Å². The largest absolute Gasteiger partial charge is 0.508 e. The molecule has 3 N–H and O–H groups in total. The number of fused-ring (bicyclic) bond motifs is 1. The summed E-state index contributed by atoms with van der Waals surface area (Å²) in [5, 5.41) is 29.1. The van der Waals surface area contributed by atoms with Crippen LogP contribution in [-0.4, -0.2) is 27.7 Å². The van der Waals surface area contributed by atoms with Crippen LogP contribution in [0.25, 0.3) is 0 Å². The lowest BCUT2D eigenvalue weighted by molar-refractivity contribution is 0.0825. The van der Waals surface area contributed by atoms with E-state index in [1.807, 2.05) is 0 Å². The summed E-state index contributed by atoms with van der Waals surface area (Å²) >= 11 is 0. The Kier molecular flexibility index (Phi) is 3.41. The summed E-state index contributed by atoms with van der Waals surface area (Å²) in [5.74, 6) is -0.546. The maximum Gasteiger partial charge on any atom is 0.177 e. The summed E-state index contributed by atoms with van der Waals surface area (Å²) in [4.78, 5) is 12.6. The van der Waals surface area contributed by atoms with Gasteiger partial charge < -0.3 is 20.1 Å². The van der Waals surface area contributed by atoms with Crippen molar-refractivity contribution >= 4 is 5.78 Å². The number of hydrogen-bond acceptors (Lipinski definition) is 5. The molecule has 1 atom stereocenters. The van der Waals surface area contributed by atoms with Crippen LogP contribution in [0.4, 0.5) is 0 Å². The van der Waals surface area contributed by atoms with Gasteiger partial charge in [-0.2, -0.15) is 0 Å². The zero-order chi connectivity index (χ0) is 15.9. The first-order valence-corrected chi connectivity index (χ1v) is 6.98. The van der Waals surface area contributed by atoms with Gasteiger partial charge in [0.15, 0.2) is 5.78 Å². The lowest BCUT2D eigenvalue weighted by Gasteiger charge is -2.25. The van der Waals surface area contributed by atoms with E-state index >= 15 is 0 Å². The number of phenols is 3. The highest BCUT2D eigenvalue weighted by molar-refractivity contribution is 6.04. The summed E-state index contributed by atoms with van der Waals surface area (Å²) < 4.78 is 5.53. The van der Waals surface area contributed by atoms with Crippen molar-refractivity contribution in [2.75, 3.05) is 6.61 Å². The normalized spacial score (nSPS) is 17.0. The molecule has 0 radical (unpaired) electrons.